The fourth-order valence-corrected chi connectivity index (χ4v) is 5.00. The normalized spacial score (nSPS) is 21.9. The molecule has 3 aliphatic heterocycles. The Hall–Kier alpha value is -2.28. The van der Waals surface area contributed by atoms with Gasteiger partial charge in [-0.15, -0.1) is 0 Å². The lowest BCUT2D eigenvalue weighted by Gasteiger charge is -2.41. The molecule has 0 saturated carbocycles. The Kier molecular flexibility index (Phi) is 5.66. The molecule has 1 atom stereocenters. The smallest absolute Gasteiger partial charge is 0.327 e. The van der Waals surface area contributed by atoms with Gasteiger partial charge in [-0.1, -0.05) is 26.8 Å². The Bertz CT molecular complexity index is 817. The topological polar surface area (TPSA) is 62.3 Å². The number of rotatable bonds is 6. The minimum Gasteiger partial charge on any atom is -0.454 e. The van der Waals surface area contributed by atoms with E-state index in [4.69, 9.17) is 9.47 Å². The Morgan fingerprint density at radius 1 is 1.03 bits per heavy atom. The van der Waals surface area contributed by atoms with E-state index in [0.29, 0.717) is 32.1 Å². The molecule has 4 rings (SSSR count). The number of carbonyl (C=O) groups excluding carboxylic acids is 2. The van der Waals surface area contributed by atoms with Crippen LogP contribution in [0.4, 0.5) is 4.79 Å². The van der Waals surface area contributed by atoms with Crippen molar-refractivity contribution in [3.63, 3.8) is 0 Å². The second-order valence-corrected chi connectivity index (χ2v) is 9.48. The molecule has 0 aliphatic carbocycles. The minimum absolute atomic E-state index is 0.00300. The van der Waals surface area contributed by atoms with Crippen molar-refractivity contribution in [3.05, 3.63) is 23.8 Å². The van der Waals surface area contributed by atoms with Crippen LogP contribution in [0, 0.1) is 11.8 Å². The van der Waals surface area contributed by atoms with Gasteiger partial charge in [0.15, 0.2) is 11.5 Å². The van der Waals surface area contributed by atoms with Crippen molar-refractivity contribution in [2.45, 2.75) is 45.6 Å². The number of likely N-dealkylation sites (N-methyl/N-ethyl adjacent to an activating group) is 1. The molecule has 3 amide bonds. The van der Waals surface area contributed by atoms with E-state index in [1.54, 1.807) is 11.9 Å². The van der Waals surface area contributed by atoms with Crippen LogP contribution in [0.3, 0.4) is 0 Å². The van der Waals surface area contributed by atoms with Crippen LogP contribution in [0.15, 0.2) is 18.2 Å². The number of amides is 3. The minimum atomic E-state index is -0.650. The molecule has 0 N–H and O–H groups in total. The number of urea groups is 1. The summed E-state index contributed by atoms with van der Waals surface area (Å²) in [5.74, 6) is 2.41. The number of nitrogens with zero attached hydrogens (tertiary/aromatic N) is 3. The van der Waals surface area contributed by atoms with E-state index in [1.807, 2.05) is 19.9 Å². The summed E-state index contributed by atoms with van der Waals surface area (Å²) < 4.78 is 10.9. The number of hydrogen-bond acceptors (Lipinski definition) is 5. The molecule has 0 aromatic heterocycles. The van der Waals surface area contributed by atoms with Crippen LogP contribution in [0.5, 0.6) is 11.5 Å². The molecule has 7 heteroatoms. The van der Waals surface area contributed by atoms with E-state index in [0.717, 1.165) is 37.6 Å². The summed E-state index contributed by atoms with van der Waals surface area (Å²) in [6.45, 7) is 9.79. The maximum atomic E-state index is 13.1. The highest BCUT2D eigenvalue weighted by atomic mass is 16.7. The molecule has 7 nitrogen and oxygen atoms in total. The molecular formula is C23H33N3O4. The van der Waals surface area contributed by atoms with Crippen molar-refractivity contribution in [2.75, 3.05) is 40.0 Å². The number of imide groups is 1. The Labute approximate surface area is 178 Å². The third kappa shape index (κ3) is 3.75. The van der Waals surface area contributed by atoms with Crippen molar-refractivity contribution in [1.82, 2.24) is 14.7 Å². The van der Waals surface area contributed by atoms with Gasteiger partial charge in [0.2, 0.25) is 6.79 Å². The highest BCUT2D eigenvalue weighted by Crippen LogP contribution is 2.37. The summed E-state index contributed by atoms with van der Waals surface area (Å²) in [6.07, 6.45) is 2.39. The molecular weight excluding hydrogens is 382 g/mol. The zero-order chi connectivity index (χ0) is 21.5. The van der Waals surface area contributed by atoms with Crippen LogP contribution in [0.2, 0.25) is 0 Å². The largest absolute Gasteiger partial charge is 0.454 e. The molecule has 2 saturated heterocycles. The van der Waals surface area contributed by atoms with Gasteiger partial charge >= 0.3 is 6.03 Å². The molecule has 1 aromatic rings. The summed E-state index contributed by atoms with van der Waals surface area (Å²) in [5, 5.41) is 0. The molecule has 1 aromatic carbocycles. The van der Waals surface area contributed by atoms with Crippen molar-refractivity contribution >= 4 is 11.9 Å². The summed E-state index contributed by atoms with van der Waals surface area (Å²) in [5.41, 5.74) is 0.601. The van der Waals surface area contributed by atoms with Crippen LogP contribution in [0.1, 0.15) is 39.2 Å². The predicted molar refractivity (Wildman–Crippen MR) is 114 cm³/mol. The lowest BCUT2D eigenvalue weighted by Crippen LogP contribution is -2.55. The lowest BCUT2D eigenvalue weighted by molar-refractivity contribution is -0.135. The molecule has 0 bridgehead atoms. The molecule has 30 heavy (non-hydrogen) atoms. The highest BCUT2D eigenvalue weighted by Gasteiger charge is 2.56. The molecule has 2 fully saturated rings. The van der Waals surface area contributed by atoms with Crippen molar-refractivity contribution in [3.8, 4) is 11.5 Å². The second-order valence-electron chi connectivity index (χ2n) is 9.48. The third-order valence-electron chi connectivity index (χ3n) is 6.63. The van der Waals surface area contributed by atoms with Crippen molar-refractivity contribution < 1.29 is 19.1 Å². The van der Waals surface area contributed by atoms with E-state index in [-0.39, 0.29) is 17.9 Å². The highest BCUT2D eigenvalue weighted by molar-refractivity contribution is 6.07. The van der Waals surface area contributed by atoms with Crippen molar-refractivity contribution in [2.24, 2.45) is 11.8 Å². The summed E-state index contributed by atoms with van der Waals surface area (Å²) >= 11 is 0. The second kappa shape index (κ2) is 8.10. The molecule has 0 radical (unpaired) electrons. The van der Waals surface area contributed by atoms with Crippen molar-refractivity contribution in [1.29, 1.82) is 0 Å². The molecule has 3 heterocycles. The number of likely N-dealkylation sites (tertiary alicyclic amines) is 1. The molecule has 0 unspecified atom stereocenters. The van der Waals surface area contributed by atoms with Gasteiger partial charge in [0.1, 0.15) is 5.54 Å². The van der Waals surface area contributed by atoms with Crippen LogP contribution in [-0.4, -0.2) is 72.2 Å². The fraction of sp³-hybridized carbons (Fsp3) is 0.652. The Morgan fingerprint density at radius 2 is 1.73 bits per heavy atom. The summed E-state index contributed by atoms with van der Waals surface area (Å²) in [4.78, 5) is 31.4. The predicted octanol–water partition coefficient (Wildman–Crippen LogP) is 2.98. The third-order valence-corrected chi connectivity index (χ3v) is 6.63. The first-order chi connectivity index (χ1) is 14.3. The van der Waals surface area contributed by atoms with Gasteiger partial charge < -0.3 is 19.3 Å². The number of ether oxygens (including phenoxy) is 2. The maximum absolute atomic E-state index is 13.1. The summed E-state index contributed by atoms with van der Waals surface area (Å²) in [6, 6.07) is 6.02. The Morgan fingerprint density at radius 3 is 2.43 bits per heavy atom. The first-order valence-electron chi connectivity index (χ1n) is 11.0. The number of carbonyl (C=O) groups is 2. The van der Waals surface area contributed by atoms with Crippen LogP contribution in [-0.2, 0) is 11.2 Å². The number of hydrogen-bond donors (Lipinski definition) is 0. The van der Waals surface area contributed by atoms with Gasteiger partial charge in [0, 0.05) is 33.2 Å². The van der Waals surface area contributed by atoms with Gasteiger partial charge in [-0.3, -0.25) is 9.69 Å². The van der Waals surface area contributed by atoms with E-state index in [9.17, 15) is 9.59 Å². The standard InChI is InChI=1S/C23H33N3O4/c1-16(2)13-26-21(27)23(24(4)22(26)28)7-9-25(10-8-23)14-17(3)11-18-5-6-19-20(12-18)30-15-29-19/h5-6,12,16-17H,7-11,13-15H2,1-4H3/t17-/m0/s1. The average Bonchev–Trinajstić information content (AvgIpc) is 3.24. The van der Waals surface area contributed by atoms with Crippen LogP contribution in [0.25, 0.3) is 0 Å². The fourth-order valence-electron chi connectivity index (χ4n) is 5.00. The first kappa shape index (κ1) is 21.0. The Balaban J connectivity index is 1.33. The van der Waals surface area contributed by atoms with Gasteiger partial charge in [-0.2, -0.15) is 0 Å². The van der Waals surface area contributed by atoms with Gasteiger partial charge in [0.05, 0.1) is 0 Å². The van der Waals surface area contributed by atoms with E-state index in [2.05, 4.69) is 24.0 Å². The summed E-state index contributed by atoms with van der Waals surface area (Å²) in [7, 11) is 1.79. The number of fused-ring (bicyclic) bond motifs is 1. The zero-order valence-electron chi connectivity index (χ0n) is 18.5. The van der Waals surface area contributed by atoms with Gasteiger partial charge in [-0.05, 0) is 48.8 Å². The van der Waals surface area contributed by atoms with Gasteiger partial charge in [-0.25, -0.2) is 4.79 Å². The SMILES string of the molecule is CC(C)CN1C(=O)N(C)C2(CCN(C[C@@H](C)Cc3ccc4c(c3)OCO4)CC2)C1=O. The molecule has 3 aliphatic rings. The van der Waals surface area contributed by atoms with E-state index < -0.39 is 5.54 Å². The lowest BCUT2D eigenvalue weighted by atomic mass is 9.85. The van der Waals surface area contributed by atoms with Crippen LogP contribution >= 0.6 is 0 Å². The quantitative estimate of drug-likeness (QED) is 0.669. The first-order valence-corrected chi connectivity index (χ1v) is 11.0. The maximum Gasteiger partial charge on any atom is 0.327 e. The zero-order valence-corrected chi connectivity index (χ0v) is 18.5. The van der Waals surface area contributed by atoms with E-state index in [1.165, 1.54) is 10.5 Å². The monoisotopic (exact) mass is 415 g/mol. The molecule has 1 spiro atoms. The van der Waals surface area contributed by atoms with Gasteiger partial charge in [0.25, 0.3) is 5.91 Å². The van der Waals surface area contributed by atoms with E-state index >= 15 is 0 Å². The number of benzene rings is 1. The average molecular weight is 416 g/mol. The molecule has 164 valence electrons. The number of piperidine rings is 1. The van der Waals surface area contributed by atoms with Crippen LogP contribution < -0.4 is 9.47 Å².